The number of hydrogen-bond acceptors (Lipinski definition) is 6. The Morgan fingerprint density at radius 2 is 1.74 bits per heavy atom. The molecule has 0 spiro atoms. The van der Waals surface area contributed by atoms with E-state index in [0.29, 0.717) is 34.5 Å². The predicted molar refractivity (Wildman–Crippen MR) is 152 cm³/mol. The normalized spacial score (nSPS) is 13.5. The second-order valence-electron chi connectivity index (χ2n) is 9.56. The van der Waals surface area contributed by atoms with Crippen molar-refractivity contribution in [1.29, 1.82) is 0 Å². The molecule has 4 rings (SSSR count). The number of piperazine rings is 1. The number of aryl methyl sites for hydroxylation is 1. The Hall–Kier alpha value is -3.43. The summed E-state index contributed by atoms with van der Waals surface area (Å²) in [4.78, 5) is 48.7. The quantitative estimate of drug-likeness (QED) is 0.444. The molecule has 3 aromatic rings. The molecule has 38 heavy (non-hydrogen) atoms. The molecule has 1 aromatic heterocycles. The highest BCUT2D eigenvalue weighted by atomic mass is 35.5. The Balaban J connectivity index is 1.28. The van der Waals surface area contributed by atoms with E-state index in [2.05, 4.69) is 34.3 Å². The zero-order valence-electron chi connectivity index (χ0n) is 21.8. The summed E-state index contributed by atoms with van der Waals surface area (Å²) in [6.45, 7) is 8.60. The van der Waals surface area contributed by atoms with Gasteiger partial charge in [-0.3, -0.25) is 14.4 Å². The number of benzene rings is 2. The number of carbonyl (C=O) groups excluding carboxylic acids is 3. The number of nitrogens with one attached hydrogen (secondary N) is 1. The maximum atomic E-state index is 12.9. The largest absolute Gasteiger partial charge is 0.368 e. The van der Waals surface area contributed by atoms with Crippen molar-refractivity contribution in [3.05, 3.63) is 75.8 Å². The van der Waals surface area contributed by atoms with Crippen LogP contribution in [0, 0.1) is 6.92 Å². The molecule has 10 heteroatoms. The van der Waals surface area contributed by atoms with Gasteiger partial charge in [-0.15, -0.1) is 11.3 Å². The second kappa shape index (κ2) is 12.4. The Bertz CT molecular complexity index is 1290. The lowest BCUT2D eigenvalue weighted by atomic mass is 10.1. The van der Waals surface area contributed by atoms with Gasteiger partial charge in [0.2, 0.25) is 11.8 Å². The standard InChI is InChI=1S/C28H32ClN5O3S/c1-19(2)34(27(37)21-8-10-22(29)11-9-21)17-25(35)31-28-30-23(18-38-28)16-26(36)33-14-12-32(13-15-33)24-7-5-4-6-20(24)3/h4-11,18-19H,12-17H2,1-3H3,(H,30,31,35). The number of para-hydroxylation sites is 1. The van der Waals surface area contributed by atoms with Crippen LogP contribution in [0.25, 0.3) is 0 Å². The van der Waals surface area contributed by atoms with Crippen molar-refractivity contribution in [3.63, 3.8) is 0 Å². The molecule has 0 aliphatic carbocycles. The number of nitrogens with zero attached hydrogens (tertiary/aromatic N) is 4. The summed E-state index contributed by atoms with van der Waals surface area (Å²) in [6.07, 6.45) is 0.184. The van der Waals surface area contributed by atoms with Gasteiger partial charge in [0.25, 0.3) is 5.91 Å². The minimum absolute atomic E-state index is 0.0251. The molecule has 8 nitrogen and oxygen atoms in total. The van der Waals surface area contributed by atoms with E-state index in [9.17, 15) is 14.4 Å². The van der Waals surface area contributed by atoms with Crippen molar-refractivity contribution < 1.29 is 14.4 Å². The van der Waals surface area contributed by atoms with E-state index in [-0.39, 0.29) is 36.7 Å². The minimum atomic E-state index is -0.347. The molecule has 0 bridgehead atoms. The number of rotatable bonds is 8. The molecule has 1 N–H and O–H groups in total. The number of carbonyl (C=O) groups is 3. The average molecular weight is 554 g/mol. The Labute approximate surface area is 232 Å². The maximum absolute atomic E-state index is 12.9. The van der Waals surface area contributed by atoms with Crippen LogP contribution >= 0.6 is 22.9 Å². The van der Waals surface area contributed by atoms with Gasteiger partial charge >= 0.3 is 0 Å². The van der Waals surface area contributed by atoms with E-state index >= 15 is 0 Å². The van der Waals surface area contributed by atoms with Crippen LogP contribution in [0.1, 0.15) is 35.5 Å². The fraction of sp³-hybridized carbons (Fsp3) is 0.357. The van der Waals surface area contributed by atoms with Gasteiger partial charge in [0.15, 0.2) is 5.13 Å². The van der Waals surface area contributed by atoms with E-state index in [1.165, 1.54) is 27.5 Å². The van der Waals surface area contributed by atoms with Gasteiger partial charge in [0, 0.05) is 53.9 Å². The third-order valence-corrected chi connectivity index (χ3v) is 7.57. The number of hydrogen-bond donors (Lipinski definition) is 1. The molecule has 1 saturated heterocycles. The summed E-state index contributed by atoms with van der Waals surface area (Å²) in [5.41, 5.74) is 3.53. The molecular formula is C28H32ClN5O3S. The maximum Gasteiger partial charge on any atom is 0.254 e. The highest BCUT2D eigenvalue weighted by molar-refractivity contribution is 7.13. The molecule has 2 aromatic carbocycles. The molecule has 1 aliphatic rings. The van der Waals surface area contributed by atoms with Crippen LogP contribution in [0.4, 0.5) is 10.8 Å². The van der Waals surface area contributed by atoms with Crippen LogP contribution in [0.15, 0.2) is 53.9 Å². The summed E-state index contributed by atoms with van der Waals surface area (Å²) in [5.74, 6) is -0.572. The topological polar surface area (TPSA) is 85.9 Å². The van der Waals surface area contributed by atoms with Crippen molar-refractivity contribution in [2.24, 2.45) is 0 Å². The molecule has 0 saturated carbocycles. The monoisotopic (exact) mass is 553 g/mol. The lowest BCUT2D eigenvalue weighted by Gasteiger charge is -2.36. The smallest absolute Gasteiger partial charge is 0.254 e. The van der Waals surface area contributed by atoms with Gasteiger partial charge in [0.05, 0.1) is 12.1 Å². The number of anilines is 2. The summed E-state index contributed by atoms with van der Waals surface area (Å²) in [6, 6.07) is 14.7. The van der Waals surface area contributed by atoms with E-state index in [4.69, 9.17) is 11.6 Å². The van der Waals surface area contributed by atoms with Gasteiger partial charge in [0.1, 0.15) is 6.54 Å². The van der Waals surface area contributed by atoms with Crippen molar-refractivity contribution in [2.45, 2.75) is 33.2 Å². The number of amides is 3. The van der Waals surface area contributed by atoms with Gasteiger partial charge in [-0.25, -0.2) is 4.98 Å². The predicted octanol–water partition coefficient (Wildman–Crippen LogP) is 4.49. The van der Waals surface area contributed by atoms with Gasteiger partial charge in [-0.2, -0.15) is 0 Å². The van der Waals surface area contributed by atoms with Gasteiger partial charge in [-0.1, -0.05) is 29.8 Å². The lowest BCUT2D eigenvalue weighted by Crippen LogP contribution is -2.49. The van der Waals surface area contributed by atoms with Crippen molar-refractivity contribution >= 4 is 51.5 Å². The van der Waals surface area contributed by atoms with E-state index in [0.717, 1.165) is 13.1 Å². The van der Waals surface area contributed by atoms with E-state index in [1.54, 1.807) is 29.6 Å². The summed E-state index contributed by atoms with van der Waals surface area (Å²) in [5, 5.41) is 5.50. The van der Waals surface area contributed by atoms with Crippen LogP contribution in [0.2, 0.25) is 5.02 Å². The lowest BCUT2D eigenvalue weighted by molar-refractivity contribution is -0.130. The molecule has 1 fully saturated rings. The first-order valence-corrected chi connectivity index (χ1v) is 13.9. The van der Waals surface area contributed by atoms with Crippen LogP contribution in [0.3, 0.4) is 0 Å². The molecule has 200 valence electrons. The Morgan fingerprint density at radius 1 is 1.05 bits per heavy atom. The summed E-state index contributed by atoms with van der Waals surface area (Å²) >= 11 is 7.19. The van der Waals surface area contributed by atoms with Crippen molar-refractivity contribution in [1.82, 2.24) is 14.8 Å². The molecule has 0 radical (unpaired) electrons. The molecule has 1 aliphatic heterocycles. The van der Waals surface area contributed by atoms with Crippen LogP contribution < -0.4 is 10.2 Å². The molecular weight excluding hydrogens is 522 g/mol. The number of thiazole rings is 1. The fourth-order valence-electron chi connectivity index (χ4n) is 4.39. The highest BCUT2D eigenvalue weighted by Crippen LogP contribution is 2.22. The third kappa shape index (κ3) is 6.90. The Morgan fingerprint density at radius 3 is 2.39 bits per heavy atom. The Kier molecular flexibility index (Phi) is 9.01. The zero-order valence-corrected chi connectivity index (χ0v) is 23.4. The van der Waals surface area contributed by atoms with Gasteiger partial charge in [-0.05, 0) is 56.7 Å². The number of halogens is 1. The van der Waals surface area contributed by atoms with Crippen LogP contribution in [-0.2, 0) is 16.0 Å². The first-order chi connectivity index (χ1) is 18.2. The van der Waals surface area contributed by atoms with Crippen molar-refractivity contribution in [2.75, 3.05) is 42.9 Å². The van der Waals surface area contributed by atoms with Crippen LogP contribution in [-0.4, -0.2) is 71.3 Å². The third-order valence-electron chi connectivity index (χ3n) is 6.51. The molecule has 0 unspecified atom stereocenters. The van der Waals surface area contributed by atoms with Crippen molar-refractivity contribution in [3.8, 4) is 0 Å². The van der Waals surface area contributed by atoms with Gasteiger partial charge < -0.3 is 20.0 Å². The molecule has 3 amide bonds. The highest BCUT2D eigenvalue weighted by Gasteiger charge is 2.24. The number of aromatic nitrogens is 1. The first kappa shape index (κ1) is 27.6. The fourth-order valence-corrected chi connectivity index (χ4v) is 5.24. The first-order valence-electron chi connectivity index (χ1n) is 12.6. The zero-order chi connectivity index (χ0) is 27.2. The minimum Gasteiger partial charge on any atom is -0.368 e. The average Bonchev–Trinajstić information content (AvgIpc) is 3.34. The second-order valence-corrected chi connectivity index (χ2v) is 10.9. The molecule has 0 atom stereocenters. The van der Waals surface area contributed by atoms with E-state index < -0.39 is 0 Å². The summed E-state index contributed by atoms with van der Waals surface area (Å²) < 4.78 is 0. The van der Waals surface area contributed by atoms with Crippen LogP contribution in [0.5, 0.6) is 0 Å². The molecule has 2 heterocycles. The SMILES string of the molecule is Cc1ccccc1N1CCN(C(=O)Cc2csc(NC(=O)CN(C(=O)c3ccc(Cl)cc3)C(C)C)n2)CC1. The summed E-state index contributed by atoms with van der Waals surface area (Å²) in [7, 11) is 0. The van der Waals surface area contributed by atoms with E-state index in [1.807, 2.05) is 30.9 Å².